The average Bonchev–Trinajstić information content (AvgIpc) is 3.17. The van der Waals surface area contributed by atoms with E-state index in [1.165, 1.54) is 13.2 Å². The Kier molecular flexibility index (Phi) is 8.69. The highest BCUT2D eigenvalue weighted by Crippen LogP contribution is 2.29. The number of nitrogens with zero attached hydrogens (tertiary/aromatic N) is 2. The summed E-state index contributed by atoms with van der Waals surface area (Å²) in [5.41, 5.74) is 1.69. The van der Waals surface area contributed by atoms with Crippen LogP contribution in [-0.2, 0) is 13.1 Å². The van der Waals surface area contributed by atoms with Gasteiger partial charge in [-0.2, -0.15) is 8.78 Å². The van der Waals surface area contributed by atoms with E-state index in [9.17, 15) is 8.78 Å². The highest BCUT2D eigenvalue weighted by Gasteiger charge is 2.14. The molecule has 0 atom stereocenters. The van der Waals surface area contributed by atoms with Crippen molar-refractivity contribution in [2.24, 2.45) is 4.99 Å². The van der Waals surface area contributed by atoms with Gasteiger partial charge in [0.1, 0.15) is 0 Å². The highest BCUT2D eigenvalue weighted by molar-refractivity contribution is 5.79. The number of hydrogen-bond donors (Lipinski definition) is 2. The largest absolute Gasteiger partial charge is 0.493 e. The van der Waals surface area contributed by atoms with Crippen LogP contribution in [0.2, 0.25) is 0 Å². The lowest BCUT2D eigenvalue weighted by atomic mass is 9.99. The second-order valence-electron chi connectivity index (χ2n) is 6.37. The van der Waals surface area contributed by atoms with Gasteiger partial charge < -0.3 is 24.6 Å². The summed E-state index contributed by atoms with van der Waals surface area (Å²) in [4.78, 5) is 4.15. The SMILES string of the molecule is CCC(CC)c1cc(CNC(=NC)NCc2ccc(OC)c(OC(F)F)c2)on1. The number of aliphatic imine (C=N–C) groups is 1. The lowest BCUT2D eigenvalue weighted by Crippen LogP contribution is -2.36. The molecule has 29 heavy (non-hydrogen) atoms. The quantitative estimate of drug-likeness (QED) is 0.454. The van der Waals surface area contributed by atoms with E-state index in [2.05, 4.69) is 39.4 Å². The van der Waals surface area contributed by atoms with E-state index >= 15 is 0 Å². The van der Waals surface area contributed by atoms with E-state index in [1.807, 2.05) is 6.07 Å². The van der Waals surface area contributed by atoms with Crippen LogP contribution in [-0.4, -0.2) is 31.9 Å². The molecule has 0 aliphatic rings. The van der Waals surface area contributed by atoms with Crippen molar-refractivity contribution in [3.63, 3.8) is 0 Å². The third kappa shape index (κ3) is 6.62. The van der Waals surface area contributed by atoms with E-state index in [4.69, 9.17) is 9.26 Å². The zero-order valence-electron chi connectivity index (χ0n) is 17.2. The Hall–Kier alpha value is -2.84. The predicted octanol–water partition coefficient (Wildman–Crippen LogP) is 4.05. The van der Waals surface area contributed by atoms with Gasteiger partial charge in [-0.15, -0.1) is 0 Å². The van der Waals surface area contributed by atoms with Crippen molar-refractivity contribution in [2.45, 2.75) is 52.3 Å². The van der Waals surface area contributed by atoms with Crippen LogP contribution in [0.5, 0.6) is 11.5 Å². The maximum Gasteiger partial charge on any atom is 0.387 e. The second kappa shape index (κ2) is 11.2. The molecule has 0 spiro atoms. The van der Waals surface area contributed by atoms with E-state index in [-0.39, 0.29) is 11.5 Å². The monoisotopic (exact) mass is 410 g/mol. The maximum absolute atomic E-state index is 12.6. The third-order valence-corrected chi connectivity index (χ3v) is 4.54. The number of alkyl halides is 2. The molecule has 1 heterocycles. The Labute approximate surface area is 169 Å². The molecule has 1 aromatic heterocycles. The molecule has 0 aliphatic heterocycles. The molecule has 0 unspecified atom stereocenters. The maximum atomic E-state index is 12.6. The van der Waals surface area contributed by atoms with Gasteiger partial charge in [-0.05, 0) is 30.5 Å². The van der Waals surface area contributed by atoms with Crippen LogP contribution in [0.1, 0.15) is 49.6 Å². The molecular weight excluding hydrogens is 382 g/mol. The molecule has 160 valence electrons. The molecule has 2 aromatic rings. The molecule has 9 heteroatoms. The van der Waals surface area contributed by atoms with Gasteiger partial charge in [0.15, 0.2) is 23.2 Å². The van der Waals surface area contributed by atoms with Gasteiger partial charge in [0, 0.05) is 25.6 Å². The molecule has 0 radical (unpaired) electrons. The lowest BCUT2D eigenvalue weighted by molar-refractivity contribution is -0.0512. The number of nitrogens with one attached hydrogen (secondary N) is 2. The van der Waals surface area contributed by atoms with Gasteiger partial charge in [-0.3, -0.25) is 4.99 Å². The van der Waals surface area contributed by atoms with Crippen LogP contribution in [0, 0.1) is 0 Å². The van der Waals surface area contributed by atoms with Crippen LogP contribution in [0.4, 0.5) is 8.78 Å². The molecule has 0 bridgehead atoms. The Balaban J connectivity index is 1.92. The Morgan fingerprint density at radius 2 is 1.86 bits per heavy atom. The summed E-state index contributed by atoms with van der Waals surface area (Å²) in [5, 5.41) is 10.4. The van der Waals surface area contributed by atoms with E-state index in [0.29, 0.717) is 30.7 Å². The number of benzene rings is 1. The number of methoxy groups -OCH3 is 1. The summed E-state index contributed by atoms with van der Waals surface area (Å²) in [6.07, 6.45) is 2.02. The van der Waals surface area contributed by atoms with Crippen LogP contribution in [0.3, 0.4) is 0 Å². The number of ether oxygens (including phenoxy) is 2. The zero-order valence-corrected chi connectivity index (χ0v) is 17.2. The van der Waals surface area contributed by atoms with Crippen molar-refractivity contribution in [1.82, 2.24) is 15.8 Å². The molecule has 0 fully saturated rings. The van der Waals surface area contributed by atoms with Crippen LogP contribution in [0.25, 0.3) is 0 Å². The first-order chi connectivity index (χ1) is 14.0. The molecule has 0 amide bonds. The fourth-order valence-corrected chi connectivity index (χ4v) is 2.91. The summed E-state index contributed by atoms with van der Waals surface area (Å²) in [6, 6.07) is 6.80. The highest BCUT2D eigenvalue weighted by atomic mass is 19.3. The summed E-state index contributed by atoms with van der Waals surface area (Å²) < 4.78 is 40.1. The second-order valence-corrected chi connectivity index (χ2v) is 6.37. The van der Waals surface area contributed by atoms with Crippen LogP contribution >= 0.6 is 0 Å². The molecular formula is C20H28F2N4O3. The smallest absolute Gasteiger partial charge is 0.387 e. The van der Waals surface area contributed by atoms with Gasteiger partial charge in [-0.1, -0.05) is 25.1 Å². The number of aromatic nitrogens is 1. The predicted molar refractivity (Wildman–Crippen MR) is 106 cm³/mol. The third-order valence-electron chi connectivity index (χ3n) is 4.54. The number of hydrogen-bond acceptors (Lipinski definition) is 5. The van der Waals surface area contributed by atoms with Crippen LogP contribution < -0.4 is 20.1 Å². The number of halogens is 2. The van der Waals surface area contributed by atoms with E-state index < -0.39 is 6.61 Å². The van der Waals surface area contributed by atoms with Gasteiger partial charge in [0.05, 0.1) is 19.3 Å². The minimum atomic E-state index is -2.92. The van der Waals surface area contributed by atoms with Crippen molar-refractivity contribution in [2.75, 3.05) is 14.2 Å². The van der Waals surface area contributed by atoms with Gasteiger partial charge >= 0.3 is 6.61 Å². The molecule has 0 saturated heterocycles. The first-order valence-corrected chi connectivity index (χ1v) is 9.52. The van der Waals surface area contributed by atoms with Crippen LogP contribution in [0.15, 0.2) is 33.8 Å². The first kappa shape index (κ1) is 22.4. The molecule has 2 N–H and O–H groups in total. The van der Waals surface area contributed by atoms with Gasteiger partial charge in [0.2, 0.25) is 0 Å². The normalized spacial score (nSPS) is 11.8. The topological polar surface area (TPSA) is 80.9 Å². The van der Waals surface area contributed by atoms with E-state index in [1.54, 1.807) is 19.2 Å². The standard InChI is InChI=1S/C20H28F2N4O3/c1-5-14(6-2)16-10-15(29-26-16)12-25-20(23-3)24-11-13-7-8-17(27-4)18(9-13)28-19(21)22/h7-10,14,19H,5-6,11-12H2,1-4H3,(H2,23,24,25). The Bertz CT molecular complexity index is 792. The minimum absolute atomic E-state index is 0.0136. The van der Waals surface area contributed by atoms with Crippen molar-refractivity contribution in [3.05, 3.63) is 41.3 Å². The van der Waals surface area contributed by atoms with Crippen molar-refractivity contribution in [3.8, 4) is 11.5 Å². The Morgan fingerprint density at radius 3 is 2.48 bits per heavy atom. The molecule has 7 nitrogen and oxygen atoms in total. The molecule has 0 saturated carbocycles. The van der Waals surface area contributed by atoms with Crippen molar-refractivity contribution in [1.29, 1.82) is 0 Å². The summed E-state index contributed by atoms with van der Waals surface area (Å²) in [6.45, 7) is 2.12. The van der Waals surface area contributed by atoms with E-state index in [0.717, 1.165) is 24.1 Å². The molecule has 1 aromatic carbocycles. The average molecular weight is 410 g/mol. The summed E-state index contributed by atoms with van der Waals surface area (Å²) >= 11 is 0. The minimum Gasteiger partial charge on any atom is -0.493 e. The lowest BCUT2D eigenvalue weighted by Gasteiger charge is -2.13. The number of rotatable bonds is 10. The van der Waals surface area contributed by atoms with Crippen molar-refractivity contribution >= 4 is 5.96 Å². The first-order valence-electron chi connectivity index (χ1n) is 9.52. The van der Waals surface area contributed by atoms with Crippen molar-refractivity contribution < 1.29 is 22.8 Å². The summed E-state index contributed by atoms with van der Waals surface area (Å²) in [5.74, 6) is 1.88. The van der Waals surface area contributed by atoms with Gasteiger partial charge in [0.25, 0.3) is 0 Å². The van der Waals surface area contributed by atoms with Gasteiger partial charge in [-0.25, -0.2) is 0 Å². The number of guanidine groups is 1. The molecule has 2 rings (SSSR count). The fraction of sp³-hybridized carbons (Fsp3) is 0.500. The molecule has 0 aliphatic carbocycles. The zero-order chi connectivity index (χ0) is 21.2. The Morgan fingerprint density at radius 1 is 1.14 bits per heavy atom. The fourth-order valence-electron chi connectivity index (χ4n) is 2.91. The summed E-state index contributed by atoms with van der Waals surface area (Å²) in [7, 11) is 3.04.